The fourth-order valence-electron chi connectivity index (χ4n) is 4.95. The van der Waals surface area contributed by atoms with Gasteiger partial charge in [0, 0.05) is 16.6 Å². The van der Waals surface area contributed by atoms with Crippen molar-refractivity contribution >= 4 is 21.2 Å². The first-order valence-corrected chi connectivity index (χ1v) is 12.4. The van der Waals surface area contributed by atoms with Gasteiger partial charge < -0.3 is 5.11 Å². The van der Waals surface area contributed by atoms with E-state index < -0.39 is 15.3 Å². The average molecular weight is 445 g/mol. The van der Waals surface area contributed by atoms with Crippen molar-refractivity contribution in [2.75, 3.05) is 5.75 Å². The van der Waals surface area contributed by atoms with E-state index in [4.69, 9.17) is 0 Å². The summed E-state index contributed by atoms with van der Waals surface area (Å²) < 4.78 is 26.0. The molecule has 0 radical (unpaired) electrons. The summed E-state index contributed by atoms with van der Waals surface area (Å²) in [6.07, 6.45) is 0.986. The lowest BCUT2D eigenvalue weighted by molar-refractivity contribution is 0.105. The van der Waals surface area contributed by atoms with Gasteiger partial charge in [-0.3, -0.25) is 4.79 Å². The molecular formula is C27H24O4S. The highest BCUT2D eigenvalue weighted by Gasteiger charge is 2.43. The van der Waals surface area contributed by atoms with E-state index in [1.54, 1.807) is 30.3 Å². The second-order valence-corrected chi connectivity index (χ2v) is 11.2. The molecule has 4 nitrogen and oxygen atoms in total. The topological polar surface area (TPSA) is 71.4 Å². The lowest BCUT2D eigenvalue weighted by Gasteiger charge is -2.34. The highest BCUT2D eigenvalue weighted by Crippen LogP contribution is 2.50. The molecule has 0 saturated heterocycles. The van der Waals surface area contributed by atoms with Gasteiger partial charge in [-0.05, 0) is 71.0 Å². The number of hydrogen-bond donors (Lipinski definition) is 1. The molecule has 0 fully saturated rings. The normalized spacial score (nSPS) is 16.5. The summed E-state index contributed by atoms with van der Waals surface area (Å²) in [5, 5.41) is 9.99. The summed E-state index contributed by atoms with van der Waals surface area (Å²) in [5.41, 5.74) is 5.30. The molecule has 0 spiro atoms. The summed E-state index contributed by atoms with van der Waals surface area (Å²) in [7, 11) is -3.45. The molecule has 0 unspecified atom stereocenters. The number of sulfone groups is 1. The van der Waals surface area contributed by atoms with Crippen molar-refractivity contribution in [2.45, 2.75) is 37.0 Å². The number of fused-ring (bicyclic) bond motifs is 3. The molecule has 5 heteroatoms. The van der Waals surface area contributed by atoms with Crippen LogP contribution >= 0.6 is 0 Å². The number of carbonyl (C=O) groups excluding carboxylic acids is 1. The van der Waals surface area contributed by atoms with Gasteiger partial charge in [0.1, 0.15) is 5.75 Å². The van der Waals surface area contributed by atoms with Gasteiger partial charge in [-0.25, -0.2) is 8.42 Å². The van der Waals surface area contributed by atoms with Crippen molar-refractivity contribution in [2.24, 2.45) is 0 Å². The number of rotatable bonds is 4. The molecule has 0 heterocycles. The third-order valence-corrected chi connectivity index (χ3v) is 8.49. The first-order valence-electron chi connectivity index (χ1n) is 10.7. The van der Waals surface area contributed by atoms with Crippen LogP contribution in [0.4, 0.5) is 0 Å². The highest BCUT2D eigenvalue weighted by atomic mass is 32.2. The van der Waals surface area contributed by atoms with Crippen LogP contribution in [0.1, 0.15) is 46.5 Å². The van der Waals surface area contributed by atoms with Crippen molar-refractivity contribution in [1.82, 2.24) is 0 Å². The van der Waals surface area contributed by atoms with E-state index in [-0.39, 0.29) is 17.3 Å². The molecule has 5 rings (SSSR count). The zero-order valence-corrected chi connectivity index (χ0v) is 18.9. The summed E-state index contributed by atoms with van der Waals surface area (Å²) >= 11 is 0. The van der Waals surface area contributed by atoms with Gasteiger partial charge in [-0.1, -0.05) is 50.2 Å². The molecule has 2 aliphatic rings. The second-order valence-electron chi connectivity index (χ2n) is 9.09. The minimum absolute atomic E-state index is 0.0398. The van der Waals surface area contributed by atoms with Gasteiger partial charge in [0.25, 0.3) is 0 Å². The molecule has 0 bridgehead atoms. The van der Waals surface area contributed by atoms with Crippen LogP contribution in [0, 0.1) is 0 Å². The lowest BCUT2D eigenvalue weighted by Crippen LogP contribution is -2.29. The minimum Gasteiger partial charge on any atom is -0.508 e. The Morgan fingerprint density at radius 3 is 2.41 bits per heavy atom. The molecule has 32 heavy (non-hydrogen) atoms. The van der Waals surface area contributed by atoms with E-state index in [9.17, 15) is 18.3 Å². The number of ketones is 1. The Balaban J connectivity index is 1.49. The minimum atomic E-state index is -3.45. The number of aryl methyl sites for hydroxylation is 1. The molecule has 3 aromatic carbocycles. The van der Waals surface area contributed by atoms with Gasteiger partial charge in [0.2, 0.25) is 0 Å². The zero-order chi connectivity index (χ0) is 22.7. The maximum Gasteiger partial charge on any atom is 0.193 e. The molecule has 1 N–H and O–H groups in total. The van der Waals surface area contributed by atoms with Gasteiger partial charge in [-0.2, -0.15) is 0 Å². The van der Waals surface area contributed by atoms with Gasteiger partial charge >= 0.3 is 0 Å². The summed E-state index contributed by atoms with van der Waals surface area (Å²) in [4.78, 5) is 13.6. The Morgan fingerprint density at radius 2 is 1.66 bits per heavy atom. The Hall–Kier alpha value is -3.18. The van der Waals surface area contributed by atoms with Crippen LogP contribution in [0.5, 0.6) is 5.75 Å². The molecule has 0 amide bonds. The van der Waals surface area contributed by atoms with Gasteiger partial charge in [0.15, 0.2) is 15.6 Å². The van der Waals surface area contributed by atoms with Crippen molar-refractivity contribution < 1.29 is 18.3 Å². The Bertz CT molecular complexity index is 1400. The van der Waals surface area contributed by atoms with E-state index in [2.05, 4.69) is 13.8 Å². The first-order chi connectivity index (χ1) is 15.2. The van der Waals surface area contributed by atoms with Crippen LogP contribution in [0.3, 0.4) is 0 Å². The molecule has 162 valence electrons. The summed E-state index contributed by atoms with van der Waals surface area (Å²) in [6, 6.07) is 19.6. The predicted molar refractivity (Wildman–Crippen MR) is 125 cm³/mol. The number of carbonyl (C=O) groups is 1. The van der Waals surface area contributed by atoms with Crippen LogP contribution in [-0.2, 0) is 28.1 Å². The highest BCUT2D eigenvalue weighted by molar-refractivity contribution is 7.91. The van der Waals surface area contributed by atoms with E-state index in [1.807, 2.05) is 30.3 Å². The number of benzene rings is 3. The maximum absolute atomic E-state index is 13.3. The third kappa shape index (κ3) is 3.19. The van der Waals surface area contributed by atoms with E-state index in [1.165, 1.54) is 6.07 Å². The van der Waals surface area contributed by atoms with Crippen LogP contribution in [-0.4, -0.2) is 25.1 Å². The maximum atomic E-state index is 13.3. The van der Waals surface area contributed by atoms with Crippen molar-refractivity contribution in [1.29, 1.82) is 0 Å². The lowest BCUT2D eigenvalue weighted by atomic mass is 9.68. The number of phenolic OH excluding ortho intramolecular Hbond substituents is 1. The quantitative estimate of drug-likeness (QED) is 0.622. The van der Waals surface area contributed by atoms with Crippen LogP contribution in [0.25, 0.3) is 5.57 Å². The largest absolute Gasteiger partial charge is 0.508 e. The summed E-state index contributed by atoms with van der Waals surface area (Å²) in [5.74, 6) is 0.113. The first kappa shape index (κ1) is 20.7. The monoisotopic (exact) mass is 444 g/mol. The van der Waals surface area contributed by atoms with E-state index in [0.717, 1.165) is 27.8 Å². The third-order valence-electron chi connectivity index (χ3n) is 6.78. The van der Waals surface area contributed by atoms with Crippen LogP contribution in [0.2, 0.25) is 0 Å². The fraction of sp³-hybridized carbons (Fsp3) is 0.222. The number of aromatic hydroxyl groups is 1. The number of allylic oxidation sites excluding steroid dienone is 2. The number of hydrogen-bond acceptors (Lipinski definition) is 4. The standard InChI is InChI=1S/C27H24O4S/c1-27(2)23-16-19(28)8-10-22(23)26(29)25-21-11-9-20(14-18(21)15-24(25)27)32(30,31)13-12-17-6-4-3-5-7-17/h3-11,14,16,28H,12-13,15H2,1-2H3. The average Bonchev–Trinajstić information content (AvgIpc) is 3.17. The molecule has 0 saturated carbocycles. The SMILES string of the molecule is CC1(C)C2=C(C(=O)c3ccc(O)cc31)c1ccc(S(=O)(=O)CCc3ccccc3)cc1C2. The summed E-state index contributed by atoms with van der Waals surface area (Å²) in [6.45, 7) is 4.10. The molecule has 0 atom stereocenters. The zero-order valence-electron chi connectivity index (χ0n) is 18.1. The molecule has 0 aromatic heterocycles. The number of Topliss-reactive ketones (excluding diaryl/α,β-unsaturated/α-hetero) is 1. The van der Waals surface area contributed by atoms with E-state index in [0.29, 0.717) is 28.9 Å². The van der Waals surface area contributed by atoms with Gasteiger partial charge in [-0.15, -0.1) is 0 Å². The molecular weight excluding hydrogens is 420 g/mol. The van der Waals surface area contributed by atoms with E-state index >= 15 is 0 Å². The number of phenols is 1. The Labute approximate surface area is 188 Å². The van der Waals surface area contributed by atoms with Crippen molar-refractivity contribution in [3.8, 4) is 5.75 Å². The molecule has 2 aliphatic carbocycles. The van der Waals surface area contributed by atoms with Crippen molar-refractivity contribution in [3.05, 3.63) is 100 Å². The van der Waals surface area contributed by atoms with Gasteiger partial charge in [0.05, 0.1) is 10.6 Å². The van der Waals surface area contributed by atoms with Crippen molar-refractivity contribution in [3.63, 3.8) is 0 Å². The van der Waals surface area contributed by atoms with Crippen LogP contribution in [0.15, 0.2) is 77.2 Å². The fourth-order valence-corrected chi connectivity index (χ4v) is 6.28. The second kappa shape index (κ2) is 7.17. The molecule has 0 aliphatic heterocycles. The Kier molecular flexibility index (Phi) is 4.64. The Morgan fingerprint density at radius 1 is 0.938 bits per heavy atom. The van der Waals surface area contributed by atoms with Crippen LogP contribution < -0.4 is 0 Å². The predicted octanol–water partition coefficient (Wildman–Crippen LogP) is 4.89. The smallest absolute Gasteiger partial charge is 0.193 e. The molecule has 3 aromatic rings.